The number of urea groups is 1. The third-order valence-electron chi connectivity index (χ3n) is 3.21. The van der Waals surface area contributed by atoms with E-state index in [2.05, 4.69) is 15.6 Å². The average Bonchev–Trinajstić information content (AvgIpc) is 3.00. The number of hydrogen-bond acceptors (Lipinski definition) is 4. The number of nitrogens with zero attached hydrogens (tertiary/aromatic N) is 1. The molecule has 1 saturated heterocycles. The van der Waals surface area contributed by atoms with E-state index in [9.17, 15) is 4.79 Å². The molecule has 0 radical (unpaired) electrons. The van der Waals surface area contributed by atoms with E-state index in [1.54, 1.807) is 11.3 Å². The number of ether oxygens (including phenoxy) is 1. The highest BCUT2D eigenvalue weighted by atomic mass is 32.1. The molecule has 1 aromatic heterocycles. The van der Waals surface area contributed by atoms with E-state index in [0.717, 1.165) is 36.6 Å². The van der Waals surface area contributed by atoms with Gasteiger partial charge >= 0.3 is 6.03 Å². The predicted octanol–water partition coefficient (Wildman–Crippen LogP) is 1.86. The van der Waals surface area contributed by atoms with Crippen molar-refractivity contribution in [3.63, 3.8) is 0 Å². The van der Waals surface area contributed by atoms with Crippen molar-refractivity contribution in [1.29, 1.82) is 0 Å². The van der Waals surface area contributed by atoms with E-state index in [4.69, 9.17) is 4.74 Å². The molecule has 6 heteroatoms. The molecular formula is C13H21N3O2S. The van der Waals surface area contributed by atoms with Crippen LogP contribution in [0.25, 0.3) is 0 Å². The fourth-order valence-electron chi connectivity index (χ4n) is 2.17. The maximum absolute atomic E-state index is 11.7. The summed E-state index contributed by atoms with van der Waals surface area (Å²) in [4.78, 5) is 16.1. The van der Waals surface area contributed by atoms with Gasteiger partial charge in [0.15, 0.2) is 0 Å². The first kappa shape index (κ1) is 14.3. The van der Waals surface area contributed by atoms with Crippen molar-refractivity contribution in [2.45, 2.75) is 45.3 Å². The van der Waals surface area contributed by atoms with Crippen LogP contribution < -0.4 is 10.6 Å². The van der Waals surface area contributed by atoms with Gasteiger partial charge in [-0.3, -0.25) is 0 Å². The number of rotatable bonds is 5. The molecule has 1 fully saturated rings. The zero-order valence-corrected chi connectivity index (χ0v) is 12.3. The molecule has 0 saturated carbocycles. The summed E-state index contributed by atoms with van der Waals surface area (Å²) in [7, 11) is 0. The summed E-state index contributed by atoms with van der Waals surface area (Å²) in [5, 5.41) is 8.87. The SMILES string of the molecule is Cc1nc(CCNC(=O)N[C@H](C)[C@H]2CCCO2)cs1. The van der Waals surface area contributed by atoms with Crippen molar-refractivity contribution in [2.75, 3.05) is 13.2 Å². The van der Waals surface area contributed by atoms with Crippen molar-refractivity contribution in [1.82, 2.24) is 15.6 Å². The van der Waals surface area contributed by atoms with E-state index in [1.165, 1.54) is 0 Å². The molecule has 0 aromatic carbocycles. The van der Waals surface area contributed by atoms with Crippen LogP contribution in [0.15, 0.2) is 5.38 Å². The maximum Gasteiger partial charge on any atom is 0.315 e. The topological polar surface area (TPSA) is 63.2 Å². The molecule has 1 aliphatic rings. The second kappa shape index (κ2) is 6.86. The zero-order chi connectivity index (χ0) is 13.7. The highest BCUT2D eigenvalue weighted by molar-refractivity contribution is 7.09. The summed E-state index contributed by atoms with van der Waals surface area (Å²) in [6.45, 7) is 5.38. The van der Waals surface area contributed by atoms with Gasteiger partial charge in [-0.15, -0.1) is 11.3 Å². The maximum atomic E-state index is 11.7. The fourth-order valence-corrected chi connectivity index (χ4v) is 2.82. The second-order valence-corrected chi connectivity index (χ2v) is 5.91. The molecule has 2 amide bonds. The van der Waals surface area contributed by atoms with E-state index >= 15 is 0 Å². The van der Waals surface area contributed by atoms with E-state index in [1.807, 2.05) is 19.2 Å². The molecule has 2 rings (SSSR count). The molecule has 1 aliphatic heterocycles. The summed E-state index contributed by atoms with van der Waals surface area (Å²) in [5.41, 5.74) is 1.04. The van der Waals surface area contributed by atoms with E-state index in [-0.39, 0.29) is 18.2 Å². The van der Waals surface area contributed by atoms with Crippen LogP contribution in [0.2, 0.25) is 0 Å². The number of carbonyl (C=O) groups is 1. The van der Waals surface area contributed by atoms with Crippen molar-refractivity contribution in [3.8, 4) is 0 Å². The van der Waals surface area contributed by atoms with Gasteiger partial charge in [0, 0.05) is 25.0 Å². The molecule has 5 nitrogen and oxygen atoms in total. The van der Waals surface area contributed by atoms with Crippen LogP contribution in [-0.4, -0.2) is 36.3 Å². The van der Waals surface area contributed by atoms with Crippen LogP contribution >= 0.6 is 11.3 Å². The Labute approximate surface area is 117 Å². The quantitative estimate of drug-likeness (QED) is 0.867. The second-order valence-electron chi connectivity index (χ2n) is 4.85. The molecule has 0 bridgehead atoms. The van der Waals surface area contributed by atoms with Gasteiger partial charge in [-0.1, -0.05) is 0 Å². The van der Waals surface area contributed by atoms with Crippen molar-refractivity contribution in [2.24, 2.45) is 0 Å². The van der Waals surface area contributed by atoms with Crippen LogP contribution in [0.1, 0.15) is 30.5 Å². The number of aryl methyl sites for hydroxylation is 1. The summed E-state index contributed by atoms with van der Waals surface area (Å²) >= 11 is 1.63. The van der Waals surface area contributed by atoms with Crippen LogP contribution in [0, 0.1) is 6.92 Å². The van der Waals surface area contributed by atoms with Gasteiger partial charge in [0.05, 0.1) is 22.8 Å². The Morgan fingerprint density at radius 2 is 2.53 bits per heavy atom. The summed E-state index contributed by atoms with van der Waals surface area (Å²) in [6.07, 6.45) is 3.04. The van der Waals surface area contributed by atoms with Crippen molar-refractivity contribution >= 4 is 17.4 Å². The van der Waals surface area contributed by atoms with Gasteiger partial charge in [-0.25, -0.2) is 9.78 Å². The first-order chi connectivity index (χ1) is 9.15. The van der Waals surface area contributed by atoms with Gasteiger partial charge < -0.3 is 15.4 Å². The lowest BCUT2D eigenvalue weighted by Gasteiger charge is -2.20. The number of thiazole rings is 1. The monoisotopic (exact) mass is 283 g/mol. The molecule has 2 heterocycles. The van der Waals surface area contributed by atoms with Crippen molar-refractivity contribution < 1.29 is 9.53 Å². The molecule has 1 aromatic rings. The van der Waals surface area contributed by atoms with Gasteiger partial charge in [0.2, 0.25) is 0 Å². The Morgan fingerprint density at radius 1 is 1.68 bits per heavy atom. The Balaban J connectivity index is 1.64. The molecule has 0 aliphatic carbocycles. The number of carbonyl (C=O) groups excluding carboxylic acids is 1. The van der Waals surface area contributed by atoms with Crippen LogP contribution in [0.4, 0.5) is 4.79 Å². The first-order valence-electron chi connectivity index (χ1n) is 6.72. The molecular weight excluding hydrogens is 262 g/mol. The van der Waals surface area contributed by atoms with Crippen LogP contribution in [-0.2, 0) is 11.2 Å². The first-order valence-corrected chi connectivity index (χ1v) is 7.60. The van der Waals surface area contributed by atoms with E-state index < -0.39 is 0 Å². The highest BCUT2D eigenvalue weighted by Crippen LogP contribution is 2.15. The van der Waals surface area contributed by atoms with Crippen molar-refractivity contribution in [3.05, 3.63) is 16.1 Å². The minimum Gasteiger partial charge on any atom is -0.376 e. The molecule has 2 atom stereocenters. The molecule has 0 spiro atoms. The number of nitrogens with one attached hydrogen (secondary N) is 2. The average molecular weight is 283 g/mol. The number of aromatic nitrogens is 1. The summed E-state index contributed by atoms with van der Waals surface area (Å²) in [6, 6.07) is -0.0704. The predicted molar refractivity (Wildman–Crippen MR) is 75.5 cm³/mol. The smallest absolute Gasteiger partial charge is 0.315 e. The standard InChI is InChI=1S/C13H21N3O2S/c1-9(12-4-3-7-18-12)15-13(17)14-6-5-11-8-19-10(2)16-11/h8-9,12H,3-7H2,1-2H3,(H2,14,15,17)/t9-,12-/m1/s1. The van der Waals surface area contributed by atoms with Gasteiger partial charge in [0.1, 0.15) is 0 Å². The Morgan fingerprint density at radius 3 is 3.16 bits per heavy atom. The van der Waals surface area contributed by atoms with Gasteiger partial charge in [0.25, 0.3) is 0 Å². The lowest BCUT2D eigenvalue weighted by Crippen LogP contribution is -2.46. The fraction of sp³-hybridized carbons (Fsp3) is 0.692. The molecule has 106 valence electrons. The largest absolute Gasteiger partial charge is 0.376 e. The lowest BCUT2D eigenvalue weighted by atomic mass is 10.1. The summed E-state index contributed by atoms with van der Waals surface area (Å²) < 4.78 is 5.54. The summed E-state index contributed by atoms with van der Waals surface area (Å²) in [5.74, 6) is 0. The molecule has 0 unspecified atom stereocenters. The zero-order valence-electron chi connectivity index (χ0n) is 11.4. The number of hydrogen-bond donors (Lipinski definition) is 2. The third kappa shape index (κ3) is 4.47. The third-order valence-corrected chi connectivity index (χ3v) is 4.04. The number of amides is 2. The Kier molecular flexibility index (Phi) is 5.15. The van der Waals surface area contributed by atoms with E-state index in [0.29, 0.717) is 6.54 Å². The molecule has 2 N–H and O–H groups in total. The Hall–Kier alpha value is -1.14. The van der Waals surface area contributed by atoms with Gasteiger partial charge in [-0.05, 0) is 26.7 Å². The van der Waals surface area contributed by atoms with Crippen LogP contribution in [0.3, 0.4) is 0 Å². The Bertz CT molecular complexity index is 416. The normalized spacial score (nSPS) is 20.2. The minimum absolute atomic E-state index is 0.0593. The minimum atomic E-state index is -0.130. The van der Waals surface area contributed by atoms with Crippen LogP contribution in [0.5, 0.6) is 0 Å². The lowest BCUT2D eigenvalue weighted by molar-refractivity contribution is 0.0860. The molecule has 19 heavy (non-hydrogen) atoms. The van der Waals surface area contributed by atoms with Gasteiger partial charge in [-0.2, -0.15) is 0 Å². The highest BCUT2D eigenvalue weighted by Gasteiger charge is 2.23.